The van der Waals surface area contributed by atoms with Crippen LogP contribution in [0.3, 0.4) is 0 Å². The minimum atomic E-state index is -5.70. The van der Waals surface area contributed by atoms with E-state index < -0.39 is 54.6 Å². The van der Waals surface area contributed by atoms with E-state index in [0.717, 1.165) is 0 Å². The van der Waals surface area contributed by atoms with Crippen LogP contribution < -0.4 is 5.73 Å². The molecule has 8 N–H and O–H groups in total. The lowest BCUT2D eigenvalue weighted by Crippen LogP contribution is -2.33. The molecule has 1 fully saturated rings. The summed E-state index contributed by atoms with van der Waals surface area (Å²) >= 11 is 0. The highest BCUT2D eigenvalue weighted by Crippen LogP contribution is 2.66. The normalized spacial score (nSPS) is 28.0. The fourth-order valence-electron chi connectivity index (χ4n) is 2.80. The molecule has 2 aromatic heterocycles. The molecule has 6 unspecified atom stereocenters. The molecule has 1 saturated heterocycles. The van der Waals surface area contributed by atoms with Crippen molar-refractivity contribution in [1.29, 1.82) is 0 Å². The van der Waals surface area contributed by atoms with Crippen LogP contribution >= 0.6 is 23.5 Å². The molecule has 0 amide bonds. The SMILES string of the molecule is NCc1ncnc2c1ncn2C1OC(COP(=O)(O)OP(=O)(O)OP(=O)(O)O)C(O)C1O. The van der Waals surface area contributed by atoms with Crippen molar-refractivity contribution in [2.24, 2.45) is 5.73 Å². The molecule has 0 radical (unpaired) electrons. The van der Waals surface area contributed by atoms with Crippen LogP contribution in [-0.4, -0.2) is 74.2 Å². The van der Waals surface area contributed by atoms with Gasteiger partial charge in [0.05, 0.1) is 18.6 Å². The third kappa shape index (κ3) is 5.83. The van der Waals surface area contributed by atoms with Crippen LogP contribution in [0, 0.1) is 0 Å². The van der Waals surface area contributed by atoms with Gasteiger partial charge < -0.3 is 40.3 Å². The van der Waals surface area contributed by atoms with Gasteiger partial charge >= 0.3 is 23.5 Å². The van der Waals surface area contributed by atoms with Gasteiger partial charge in [-0.3, -0.25) is 9.09 Å². The highest BCUT2D eigenvalue weighted by atomic mass is 31.3. The summed E-state index contributed by atoms with van der Waals surface area (Å²) < 4.78 is 52.1. The maximum Gasteiger partial charge on any atom is 0.490 e. The quantitative estimate of drug-likeness (QED) is 0.180. The first-order chi connectivity index (χ1) is 14.7. The van der Waals surface area contributed by atoms with Crippen molar-refractivity contribution in [2.45, 2.75) is 31.1 Å². The van der Waals surface area contributed by atoms with E-state index in [2.05, 4.69) is 28.1 Å². The molecule has 21 heteroatoms. The van der Waals surface area contributed by atoms with E-state index in [1.807, 2.05) is 0 Å². The van der Waals surface area contributed by atoms with Gasteiger partial charge in [0.15, 0.2) is 11.9 Å². The number of fused-ring (bicyclic) bond motifs is 1. The lowest BCUT2D eigenvalue weighted by Gasteiger charge is -2.19. The Balaban J connectivity index is 1.70. The standard InChI is InChI=1S/C11H18N5O13P3/c12-1-5-7-10(14-3-13-5)16(4-15-7)11-9(18)8(17)6(27-11)2-26-31(22,23)29-32(24,25)28-30(19,20)21/h3-4,6,8-9,11,17-18H,1-2,12H2,(H,22,23)(H,24,25)(H2,19,20,21). The Morgan fingerprint density at radius 3 is 2.34 bits per heavy atom. The Morgan fingerprint density at radius 2 is 1.72 bits per heavy atom. The highest BCUT2D eigenvalue weighted by Gasteiger charge is 2.47. The van der Waals surface area contributed by atoms with Crippen molar-refractivity contribution >= 4 is 34.6 Å². The number of imidazole rings is 1. The Hall–Kier alpha value is -1.20. The number of ether oxygens (including phenoxy) is 1. The lowest BCUT2D eigenvalue weighted by molar-refractivity contribution is -0.0503. The summed E-state index contributed by atoms with van der Waals surface area (Å²) in [6, 6.07) is 0. The van der Waals surface area contributed by atoms with E-state index in [1.165, 1.54) is 17.2 Å². The van der Waals surface area contributed by atoms with Crippen LogP contribution in [0.4, 0.5) is 0 Å². The third-order valence-electron chi connectivity index (χ3n) is 4.06. The Labute approximate surface area is 178 Å². The molecule has 1 aliphatic rings. The first kappa shape index (κ1) is 25.4. The molecule has 0 bridgehead atoms. The fourth-order valence-corrected chi connectivity index (χ4v) is 5.83. The van der Waals surface area contributed by atoms with E-state index in [4.69, 9.17) is 25.2 Å². The minimum absolute atomic E-state index is 0.0510. The number of aliphatic hydroxyl groups is 2. The van der Waals surface area contributed by atoms with Gasteiger partial charge in [-0.2, -0.15) is 8.62 Å². The number of phosphoric ester groups is 1. The van der Waals surface area contributed by atoms with Crippen LogP contribution in [0.1, 0.15) is 11.9 Å². The molecular formula is C11H18N5O13P3. The number of hydrogen-bond donors (Lipinski definition) is 7. The topological polar surface area (TPSA) is 279 Å². The zero-order chi connectivity index (χ0) is 23.9. The molecule has 0 saturated carbocycles. The van der Waals surface area contributed by atoms with Gasteiger partial charge in [-0.05, 0) is 0 Å². The van der Waals surface area contributed by atoms with Gasteiger partial charge in [0.1, 0.15) is 30.2 Å². The zero-order valence-electron chi connectivity index (χ0n) is 15.6. The number of nitrogens with two attached hydrogens (primary N) is 1. The highest BCUT2D eigenvalue weighted by molar-refractivity contribution is 7.66. The number of hydrogen-bond acceptors (Lipinski definition) is 13. The van der Waals surface area contributed by atoms with Gasteiger partial charge in [0.2, 0.25) is 0 Å². The van der Waals surface area contributed by atoms with Gasteiger partial charge in [-0.1, -0.05) is 0 Å². The average Bonchev–Trinajstić information content (AvgIpc) is 3.19. The fraction of sp³-hybridized carbons (Fsp3) is 0.545. The summed E-state index contributed by atoms with van der Waals surface area (Å²) in [5, 5.41) is 20.5. The molecule has 32 heavy (non-hydrogen) atoms. The van der Waals surface area contributed by atoms with E-state index in [1.54, 1.807) is 0 Å². The van der Waals surface area contributed by atoms with Gasteiger partial charge in [0, 0.05) is 6.54 Å². The van der Waals surface area contributed by atoms with Crippen molar-refractivity contribution in [3.8, 4) is 0 Å². The van der Waals surface area contributed by atoms with Crippen LogP contribution in [-0.2, 0) is 38.1 Å². The molecule has 3 rings (SSSR count). The van der Waals surface area contributed by atoms with Crippen LogP contribution in [0.25, 0.3) is 11.2 Å². The number of phosphoric acid groups is 3. The van der Waals surface area contributed by atoms with Gasteiger partial charge in [0.25, 0.3) is 0 Å². The van der Waals surface area contributed by atoms with Gasteiger partial charge in [-0.25, -0.2) is 28.6 Å². The monoisotopic (exact) mass is 521 g/mol. The van der Waals surface area contributed by atoms with E-state index in [-0.39, 0.29) is 12.2 Å². The Kier molecular flexibility index (Phi) is 7.32. The summed E-state index contributed by atoms with van der Waals surface area (Å²) in [6.45, 7) is -0.899. The summed E-state index contributed by atoms with van der Waals surface area (Å²) in [5.41, 5.74) is 6.52. The molecule has 180 valence electrons. The van der Waals surface area contributed by atoms with Crippen molar-refractivity contribution < 1.29 is 61.4 Å². The number of aliphatic hydroxyl groups excluding tert-OH is 2. The minimum Gasteiger partial charge on any atom is -0.387 e. The molecule has 0 aromatic carbocycles. The molecule has 1 aliphatic heterocycles. The molecule has 18 nitrogen and oxygen atoms in total. The third-order valence-corrected chi connectivity index (χ3v) is 7.86. The maximum atomic E-state index is 11.8. The molecule has 0 aliphatic carbocycles. The predicted octanol–water partition coefficient (Wildman–Crippen LogP) is -1.75. The van der Waals surface area contributed by atoms with Crippen molar-refractivity contribution in [3.05, 3.63) is 18.3 Å². The van der Waals surface area contributed by atoms with Crippen LogP contribution in [0.2, 0.25) is 0 Å². The van der Waals surface area contributed by atoms with Crippen LogP contribution in [0.5, 0.6) is 0 Å². The summed E-state index contributed by atoms with van der Waals surface area (Å²) in [5.74, 6) is 0. The van der Waals surface area contributed by atoms with E-state index in [9.17, 15) is 28.8 Å². The van der Waals surface area contributed by atoms with Crippen LogP contribution in [0.15, 0.2) is 12.7 Å². The zero-order valence-corrected chi connectivity index (χ0v) is 18.3. The lowest BCUT2D eigenvalue weighted by atomic mass is 10.1. The van der Waals surface area contributed by atoms with E-state index in [0.29, 0.717) is 11.2 Å². The number of rotatable bonds is 9. The number of aromatic nitrogens is 4. The van der Waals surface area contributed by atoms with Crippen molar-refractivity contribution in [2.75, 3.05) is 6.61 Å². The predicted molar refractivity (Wildman–Crippen MR) is 99.0 cm³/mol. The average molecular weight is 521 g/mol. The summed E-state index contributed by atoms with van der Waals surface area (Å²) in [4.78, 5) is 47.7. The largest absolute Gasteiger partial charge is 0.490 e. The molecular weight excluding hydrogens is 503 g/mol. The second-order valence-corrected chi connectivity index (χ2v) is 10.7. The Bertz CT molecular complexity index is 1120. The first-order valence-corrected chi connectivity index (χ1v) is 12.9. The summed E-state index contributed by atoms with van der Waals surface area (Å²) in [7, 11) is -16.7. The molecule has 6 atom stereocenters. The number of nitrogens with zero attached hydrogens (tertiary/aromatic N) is 4. The molecule has 3 heterocycles. The summed E-state index contributed by atoms with van der Waals surface area (Å²) in [6.07, 6.45) is -3.53. The van der Waals surface area contributed by atoms with Gasteiger partial charge in [-0.15, -0.1) is 0 Å². The van der Waals surface area contributed by atoms with Crippen molar-refractivity contribution in [3.63, 3.8) is 0 Å². The Morgan fingerprint density at radius 1 is 1.03 bits per heavy atom. The molecule has 0 spiro atoms. The first-order valence-electron chi connectivity index (χ1n) is 8.39. The second-order valence-electron chi connectivity index (χ2n) is 6.28. The smallest absolute Gasteiger partial charge is 0.387 e. The van der Waals surface area contributed by atoms with Crippen molar-refractivity contribution in [1.82, 2.24) is 19.5 Å². The van der Waals surface area contributed by atoms with E-state index >= 15 is 0 Å². The molecule has 2 aromatic rings. The second kappa shape index (κ2) is 9.21. The maximum absolute atomic E-state index is 11.8.